The molecule has 0 aromatic carbocycles. The van der Waals surface area contributed by atoms with Crippen molar-refractivity contribution < 1.29 is 28.0 Å². The highest BCUT2D eigenvalue weighted by Crippen LogP contribution is 2.23. The Labute approximate surface area is 79.9 Å². The van der Waals surface area contributed by atoms with Gasteiger partial charge in [0.05, 0.1) is 4.91 Å². The molecule has 3 N–H and O–H groups in total. The van der Waals surface area contributed by atoms with E-state index in [1.165, 1.54) is 0 Å². The Morgan fingerprint density at radius 1 is 1.50 bits per heavy atom. The first-order chi connectivity index (χ1) is 6.26. The van der Waals surface area contributed by atoms with Gasteiger partial charge in [-0.2, -0.15) is 8.42 Å². The Bertz CT molecular complexity index is 417. The highest BCUT2D eigenvalue weighted by molar-refractivity contribution is 7.90. The Balaban J connectivity index is 2.98. The molecule has 0 saturated heterocycles. The number of aliphatic hydroxyl groups is 1. The van der Waals surface area contributed by atoms with Crippen LogP contribution < -0.4 is 0 Å². The molecule has 0 saturated carbocycles. The van der Waals surface area contributed by atoms with Crippen molar-refractivity contribution in [2.24, 2.45) is 0 Å². The van der Waals surface area contributed by atoms with Gasteiger partial charge in [0, 0.05) is 6.42 Å². The fourth-order valence-electron chi connectivity index (χ4n) is 0.962. The van der Waals surface area contributed by atoms with E-state index in [9.17, 15) is 18.3 Å². The van der Waals surface area contributed by atoms with Crippen LogP contribution in [0.2, 0.25) is 0 Å². The molecule has 1 atom stereocenters. The summed E-state index contributed by atoms with van der Waals surface area (Å²) in [6, 6.07) is 0. The molecule has 0 aromatic heterocycles. The summed E-state index contributed by atoms with van der Waals surface area (Å²) in [5.74, 6) is -1.47. The zero-order valence-electron chi connectivity index (χ0n) is 6.91. The number of aliphatic carboxylic acids is 1. The minimum Gasteiger partial charge on any atom is -0.479 e. The highest BCUT2D eigenvalue weighted by atomic mass is 32.2. The zero-order chi connectivity index (χ0) is 11.0. The first-order valence-electron chi connectivity index (χ1n) is 3.58. The molecule has 0 aliphatic heterocycles. The maximum Gasteiger partial charge on any atom is 0.340 e. The van der Waals surface area contributed by atoms with Gasteiger partial charge in [0.25, 0.3) is 10.1 Å². The van der Waals surface area contributed by atoms with Crippen molar-refractivity contribution in [3.63, 3.8) is 0 Å². The molecule has 0 amide bonds. The minimum atomic E-state index is -4.33. The average molecular weight is 220 g/mol. The third-order valence-electron chi connectivity index (χ3n) is 1.81. The van der Waals surface area contributed by atoms with Crippen LogP contribution in [0, 0.1) is 0 Å². The third-order valence-corrected chi connectivity index (χ3v) is 2.70. The lowest BCUT2D eigenvalue weighted by Gasteiger charge is -2.20. The molecule has 0 radical (unpaired) electrons. The van der Waals surface area contributed by atoms with Crippen molar-refractivity contribution in [3.05, 3.63) is 23.1 Å². The normalized spacial score (nSPS) is 27.1. The van der Waals surface area contributed by atoms with Crippen LogP contribution in [0.4, 0.5) is 0 Å². The summed E-state index contributed by atoms with van der Waals surface area (Å²) >= 11 is 0. The van der Waals surface area contributed by atoms with Gasteiger partial charge in [-0.25, -0.2) is 4.79 Å². The molecule has 0 fully saturated rings. The number of carboxylic acids is 1. The number of carbonyl (C=O) groups is 1. The van der Waals surface area contributed by atoms with Gasteiger partial charge < -0.3 is 10.2 Å². The number of carboxylic acid groups (broad SMARTS) is 1. The van der Waals surface area contributed by atoms with E-state index in [0.29, 0.717) is 0 Å². The van der Waals surface area contributed by atoms with Gasteiger partial charge in [0.1, 0.15) is 0 Å². The lowest BCUT2D eigenvalue weighted by Crippen LogP contribution is -2.37. The first kappa shape index (κ1) is 10.9. The Morgan fingerprint density at radius 3 is 2.36 bits per heavy atom. The van der Waals surface area contributed by atoms with E-state index in [1.807, 2.05) is 0 Å². The summed E-state index contributed by atoms with van der Waals surface area (Å²) in [6.07, 6.45) is 2.22. The number of hydrogen-bond acceptors (Lipinski definition) is 4. The van der Waals surface area contributed by atoms with Crippen LogP contribution in [0.25, 0.3) is 0 Å². The largest absolute Gasteiger partial charge is 0.479 e. The molecule has 6 nitrogen and oxygen atoms in total. The molecule has 1 rings (SSSR count). The number of hydrogen-bond donors (Lipinski definition) is 3. The van der Waals surface area contributed by atoms with Gasteiger partial charge in [-0.1, -0.05) is 6.08 Å². The molecule has 78 valence electrons. The molecule has 1 unspecified atom stereocenters. The summed E-state index contributed by atoms with van der Waals surface area (Å²) in [7, 11) is -4.33. The average Bonchev–Trinajstić information content (AvgIpc) is 2.03. The summed E-state index contributed by atoms with van der Waals surface area (Å²) in [5, 5.41) is 17.9. The summed E-state index contributed by atoms with van der Waals surface area (Å²) in [5.41, 5.74) is -2.09. The van der Waals surface area contributed by atoms with Gasteiger partial charge in [-0.3, -0.25) is 4.55 Å². The van der Waals surface area contributed by atoms with Crippen LogP contribution in [0.1, 0.15) is 6.42 Å². The monoisotopic (exact) mass is 220 g/mol. The summed E-state index contributed by atoms with van der Waals surface area (Å²) < 4.78 is 29.7. The van der Waals surface area contributed by atoms with E-state index in [4.69, 9.17) is 9.66 Å². The third kappa shape index (κ3) is 2.00. The topological polar surface area (TPSA) is 112 Å². The fourth-order valence-corrected chi connectivity index (χ4v) is 1.50. The van der Waals surface area contributed by atoms with Crippen molar-refractivity contribution >= 4 is 16.1 Å². The quantitative estimate of drug-likeness (QED) is 0.542. The molecule has 0 bridgehead atoms. The Morgan fingerprint density at radius 2 is 2.07 bits per heavy atom. The second kappa shape index (κ2) is 3.19. The van der Waals surface area contributed by atoms with Crippen LogP contribution in [-0.4, -0.2) is 34.8 Å². The van der Waals surface area contributed by atoms with Gasteiger partial charge >= 0.3 is 5.97 Å². The van der Waals surface area contributed by atoms with E-state index < -0.39 is 33.0 Å². The van der Waals surface area contributed by atoms with Crippen molar-refractivity contribution in [2.45, 2.75) is 12.0 Å². The highest BCUT2D eigenvalue weighted by Gasteiger charge is 2.35. The zero-order valence-corrected chi connectivity index (χ0v) is 7.73. The molecular weight excluding hydrogens is 212 g/mol. The SMILES string of the molecule is O=C(O)C1(O)C=CC(S(=O)(=O)O)=CC1. The standard InChI is InChI=1S/C7H8O6S/c8-6(9)7(10)3-1-5(2-4-7)14(11,12)13/h1-3,10H,4H2,(H,8,9)(H,11,12,13). The van der Waals surface area contributed by atoms with E-state index in [1.54, 1.807) is 0 Å². The van der Waals surface area contributed by atoms with Crippen molar-refractivity contribution in [3.8, 4) is 0 Å². The second-order valence-corrected chi connectivity index (χ2v) is 4.27. The molecule has 0 spiro atoms. The van der Waals surface area contributed by atoms with E-state index in [0.717, 1.165) is 18.2 Å². The van der Waals surface area contributed by atoms with E-state index >= 15 is 0 Å². The van der Waals surface area contributed by atoms with Crippen molar-refractivity contribution in [2.75, 3.05) is 0 Å². The second-order valence-electron chi connectivity index (χ2n) is 2.85. The molecule has 1 aliphatic rings. The summed E-state index contributed by atoms with van der Waals surface area (Å²) in [6.45, 7) is 0. The van der Waals surface area contributed by atoms with E-state index in [2.05, 4.69) is 0 Å². The van der Waals surface area contributed by atoms with Crippen molar-refractivity contribution in [1.29, 1.82) is 0 Å². The molecule has 14 heavy (non-hydrogen) atoms. The summed E-state index contributed by atoms with van der Waals surface area (Å²) in [4.78, 5) is 10.1. The Kier molecular flexibility index (Phi) is 2.49. The minimum absolute atomic E-state index is 0.395. The van der Waals surface area contributed by atoms with Crippen LogP contribution in [0.5, 0.6) is 0 Å². The maximum atomic E-state index is 10.6. The lowest BCUT2D eigenvalue weighted by atomic mass is 9.96. The Hall–Kier alpha value is -1.18. The van der Waals surface area contributed by atoms with Crippen LogP contribution in [0.15, 0.2) is 23.1 Å². The van der Waals surface area contributed by atoms with Crippen molar-refractivity contribution in [1.82, 2.24) is 0 Å². The molecule has 7 heteroatoms. The maximum absolute atomic E-state index is 10.6. The predicted octanol–water partition coefficient (Wildman–Crippen LogP) is -0.466. The van der Waals surface area contributed by atoms with Crippen LogP contribution >= 0.6 is 0 Å². The van der Waals surface area contributed by atoms with Crippen LogP contribution in [-0.2, 0) is 14.9 Å². The molecule has 0 heterocycles. The van der Waals surface area contributed by atoms with Gasteiger partial charge in [0.15, 0.2) is 5.60 Å². The van der Waals surface area contributed by atoms with Gasteiger partial charge in [-0.05, 0) is 12.2 Å². The smallest absolute Gasteiger partial charge is 0.340 e. The molecular formula is C7H8O6S. The number of allylic oxidation sites excluding steroid dienone is 1. The van der Waals surface area contributed by atoms with Gasteiger partial charge in [0.2, 0.25) is 0 Å². The predicted molar refractivity (Wildman–Crippen MR) is 46.0 cm³/mol. The fraction of sp³-hybridized carbons (Fsp3) is 0.286. The first-order valence-corrected chi connectivity index (χ1v) is 5.02. The van der Waals surface area contributed by atoms with E-state index in [-0.39, 0.29) is 0 Å². The van der Waals surface area contributed by atoms with Crippen LogP contribution in [0.3, 0.4) is 0 Å². The lowest BCUT2D eigenvalue weighted by molar-refractivity contribution is -0.153. The molecule has 0 aromatic rings. The molecule has 1 aliphatic carbocycles. The van der Waals surface area contributed by atoms with Gasteiger partial charge in [-0.15, -0.1) is 0 Å². The number of rotatable bonds is 2.